The molecular formula is C11H9N5O3. The van der Waals surface area contributed by atoms with E-state index in [-0.39, 0.29) is 11.2 Å². The van der Waals surface area contributed by atoms with E-state index in [1.54, 1.807) is 36.9 Å². The largest absolute Gasteiger partial charge is 0.497 e. The molecule has 1 amide bonds. The Morgan fingerprint density at radius 3 is 3.00 bits per heavy atom. The normalized spacial score (nSPS) is 10.8. The molecule has 19 heavy (non-hydrogen) atoms. The maximum absolute atomic E-state index is 11.6. The van der Waals surface area contributed by atoms with Crippen LogP contribution in [0.5, 0.6) is 5.75 Å². The Balaban J connectivity index is 2.41. The number of hydroxylamine groups is 1. The average Bonchev–Trinajstić information content (AvgIpc) is 2.94. The maximum atomic E-state index is 11.6. The van der Waals surface area contributed by atoms with Crippen molar-refractivity contribution in [1.82, 2.24) is 25.5 Å². The number of carbonyl (C=O) groups excluding carboxylic acids is 1. The first-order valence-corrected chi connectivity index (χ1v) is 5.38. The van der Waals surface area contributed by atoms with Gasteiger partial charge in [-0.3, -0.25) is 10.0 Å². The summed E-state index contributed by atoms with van der Waals surface area (Å²) in [5.74, 6) is -0.0128. The highest BCUT2D eigenvalue weighted by Crippen LogP contribution is 2.23. The average molecular weight is 259 g/mol. The van der Waals surface area contributed by atoms with Crippen LogP contribution in [0, 0.1) is 0 Å². The van der Waals surface area contributed by atoms with Crippen LogP contribution in [0.15, 0.2) is 24.3 Å². The molecule has 3 rings (SSSR count). The van der Waals surface area contributed by atoms with Gasteiger partial charge in [-0.2, -0.15) is 4.52 Å². The van der Waals surface area contributed by atoms with E-state index < -0.39 is 5.91 Å². The topological polar surface area (TPSA) is 102 Å². The third-order valence-electron chi connectivity index (χ3n) is 2.82. The lowest BCUT2D eigenvalue weighted by Gasteiger charge is -2.06. The van der Waals surface area contributed by atoms with Crippen molar-refractivity contribution in [2.24, 2.45) is 0 Å². The molecule has 3 aromatic rings. The van der Waals surface area contributed by atoms with Gasteiger partial charge in [0.05, 0.1) is 18.2 Å². The van der Waals surface area contributed by atoms with Crippen LogP contribution in [-0.2, 0) is 0 Å². The molecule has 0 saturated carbocycles. The Labute approximate surface area is 106 Å². The summed E-state index contributed by atoms with van der Waals surface area (Å²) in [7, 11) is 1.56. The zero-order valence-electron chi connectivity index (χ0n) is 9.86. The fraction of sp³-hybridized carbons (Fsp3) is 0.0909. The van der Waals surface area contributed by atoms with Gasteiger partial charge in [0.2, 0.25) is 0 Å². The number of amides is 1. The molecule has 8 nitrogen and oxygen atoms in total. The predicted molar refractivity (Wildman–Crippen MR) is 64.1 cm³/mol. The summed E-state index contributed by atoms with van der Waals surface area (Å²) in [6.07, 6.45) is 0. The monoisotopic (exact) mass is 259 g/mol. The Morgan fingerprint density at radius 1 is 1.42 bits per heavy atom. The molecule has 0 atom stereocenters. The van der Waals surface area contributed by atoms with Gasteiger partial charge >= 0.3 is 0 Å². The third kappa shape index (κ3) is 1.66. The number of hydrogen-bond donors (Lipinski definition) is 2. The van der Waals surface area contributed by atoms with Gasteiger partial charge in [-0.05, 0) is 28.6 Å². The van der Waals surface area contributed by atoms with Crippen LogP contribution in [0.1, 0.15) is 10.4 Å². The summed E-state index contributed by atoms with van der Waals surface area (Å²) in [5, 5.41) is 20.7. The zero-order chi connectivity index (χ0) is 13.4. The molecule has 0 radical (unpaired) electrons. The van der Waals surface area contributed by atoms with Gasteiger partial charge in [-0.1, -0.05) is 0 Å². The van der Waals surface area contributed by atoms with Crippen molar-refractivity contribution >= 4 is 22.5 Å². The molecule has 8 heteroatoms. The van der Waals surface area contributed by atoms with E-state index in [0.29, 0.717) is 11.3 Å². The lowest BCUT2D eigenvalue weighted by atomic mass is 10.1. The van der Waals surface area contributed by atoms with Gasteiger partial charge in [0.1, 0.15) is 5.75 Å². The van der Waals surface area contributed by atoms with Crippen molar-refractivity contribution in [3.8, 4) is 5.75 Å². The molecule has 0 unspecified atom stereocenters. The molecule has 0 aliphatic rings. The Hall–Kier alpha value is -2.74. The van der Waals surface area contributed by atoms with E-state index in [0.717, 1.165) is 5.39 Å². The van der Waals surface area contributed by atoms with Gasteiger partial charge < -0.3 is 4.74 Å². The molecule has 2 N–H and O–H groups in total. The van der Waals surface area contributed by atoms with E-state index in [2.05, 4.69) is 15.5 Å². The minimum atomic E-state index is -0.669. The number of benzene rings is 1. The van der Waals surface area contributed by atoms with Crippen LogP contribution in [0.4, 0.5) is 0 Å². The number of tetrazole rings is 1. The Morgan fingerprint density at radius 2 is 2.26 bits per heavy atom. The molecule has 0 aliphatic carbocycles. The van der Waals surface area contributed by atoms with Crippen LogP contribution in [-0.4, -0.2) is 38.3 Å². The van der Waals surface area contributed by atoms with Gasteiger partial charge in [0.15, 0.2) is 5.65 Å². The highest BCUT2D eigenvalue weighted by molar-refractivity contribution is 6.02. The first-order valence-electron chi connectivity index (χ1n) is 5.38. The molecule has 0 bridgehead atoms. The summed E-state index contributed by atoms with van der Waals surface area (Å²) in [6.45, 7) is 0. The second-order valence-electron chi connectivity index (χ2n) is 3.84. The van der Waals surface area contributed by atoms with Crippen LogP contribution < -0.4 is 10.2 Å². The quantitative estimate of drug-likeness (QED) is 0.510. The van der Waals surface area contributed by atoms with E-state index in [4.69, 9.17) is 9.94 Å². The number of nitrogens with one attached hydrogen (secondary N) is 1. The molecular weight excluding hydrogens is 250 g/mol. The van der Waals surface area contributed by atoms with Crippen LogP contribution in [0.3, 0.4) is 0 Å². The van der Waals surface area contributed by atoms with E-state index in [9.17, 15) is 4.79 Å². The summed E-state index contributed by atoms with van der Waals surface area (Å²) in [5.41, 5.74) is 2.72. The second kappa shape index (κ2) is 4.18. The predicted octanol–water partition coefficient (Wildman–Crippen LogP) is 0.405. The Bertz CT molecular complexity index is 782. The number of nitrogens with zero attached hydrogens (tertiary/aromatic N) is 4. The SMILES string of the molecule is COc1ccc2cc(C(=O)NO)c3nnnn3c2c1. The van der Waals surface area contributed by atoms with Crippen LogP contribution in [0.2, 0.25) is 0 Å². The van der Waals surface area contributed by atoms with E-state index in [1.165, 1.54) is 4.52 Å². The smallest absolute Gasteiger partial charge is 0.278 e. The first-order chi connectivity index (χ1) is 9.24. The molecule has 0 aliphatic heterocycles. The summed E-state index contributed by atoms with van der Waals surface area (Å²) in [4.78, 5) is 11.6. The van der Waals surface area contributed by atoms with E-state index in [1.807, 2.05) is 0 Å². The molecule has 0 saturated heterocycles. The second-order valence-corrected chi connectivity index (χ2v) is 3.84. The first kappa shape index (κ1) is 11.4. The van der Waals surface area contributed by atoms with Crippen molar-refractivity contribution < 1.29 is 14.7 Å². The fourth-order valence-corrected chi connectivity index (χ4v) is 1.92. The molecule has 1 aromatic carbocycles. The van der Waals surface area contributed by atoms with Crippen molar-refractivity contribution in [2.45, 2.75) is 0 Å². The number of pyridine rings is 1. The molecule has 2 heterocycles. The lowest BCUT2D eigenvalue weighted by molar-refractivity contribution is 0.0707. The third-order valence-corrected chi connectivity index (χ3v) is 2.82. The summed E-state index contributed by atoms with van der Waals surface area (Å²) < 4.78 is 6.56. The molecule has 96 valence electrons. The van der Waals surface area contributed by atoms with Crippen molar-refractivity contribution in [3.63, 3.8) is 0 Å². The van der Waals surface area contributed by atoms with Gasteiger partial charge in [-0.25, -0.2) is 5.48 Å². The van der Waals surface area contributed by atoms with Gasteiger partial charge in [0.25, 0.3) is 5.91 Å². The standard InChI is InChI=1S/C11H9N5O3/c1-19-7-3-2-6-4-8(11(17)13-18)10-12-14-15-16(10)9(6)5-7/h2-5,18H,1H3,(H,13,17). The maximum Gasteiger partial charge on any atom is 0.278 e. The zero-order valence-corrected chi connectivity index (χ0v) is 9.86. The van der Waals surface area contributed by atoms with Crippen LogP contribution >= 0.6 is 0 Å². The number of carbonyl (C=O) groups is 1. The molecule has 0 spiro atoms. The number of methoxy groups -OCH3 is 1. The number of hydrogen-bond acceptors (Lipinski definition) is 6. The van der Waals surface area contributed by atoms with E-state index >= 15 is 0 Å². The molecule has 0 fully saturated rings. The Kier molecular flexibility index (Phi) is 2.50. The van der Waals surface area contributed by atoms with Crippen molar-refractivity contribution in [2.75, 3.05) is 7.11 Å². The van der Waals surface area contributed by atoms with Gasteiger partial charge in [0, 0.05) is 11.5 Å². The van der Waals surface area contributed by atoms with Crippen molar-refractivity contribution in [1.29, 1.82) is 0 Å². The van der Waals surface area contributed by atoms with Gasteiger partial charge in [-0.15, -0.1) is 5.10 Å². The fourth-order valence-electron chi connectivity index (χ4n) is 1.92. The number of fused-ring (bicyclic) bond motifs is 3. The molecule has 2 aromatic heterocycles. The van der Waals surface area contributed by atoms with Crippen LogP contribution in [0.25, 0.3) is 16.6 Å². The number of aromatic nitrogens is 4. The summed E-state index contributed by atoms with van der Waals surface area (Å²) in [6, 6.07) is 6.91. The minimum absolute atomic E-state index is 0.185. The number of ether oxygens (including phenoxy) is 1. The highest BCUT2D eigenvalue weighted by atomic mass is 16.5. The van der Waals surface area contributed by atoms with Crippen molar-refractivity contribution in [3.05, 3.63) is 29.8 Å². The number of rotatable bonds is 2. The minimum Gasteiger partial charge on any atom is -0.497 e. The summed E-state index contributed by atoms with van der Waals surface area (Å²) >= 11 is 0. The highest BCUT2D eigenvalue weighted by Gasteiger charge is 2.15. The lowest BCUT2D eigenvalue weighted by Crippen LogP contribution is -2.19.